The zero-order chi connectivity index (χ0) is 23.1. The first-order valence-corrected chi connectivity index (χ1v) is 14.4. The summed E-state index contributed by atoms with van der Waals surface area (Å²) in [6, 6.07) is 11.8. The molecule has 180 valence electrons. The number of unbranched alkanes of at least 4 members (excludes halogenated alkanes) is 12. The molecule has 0 saturated heterocycles. The van der Waals surface area contributed by atoms with Crippen LogP contribution in [-0.2, 0) is 20.7 Å². The fraction of sp³-hybridized carbons (Fsp3) is 0.643. The Morgan fingerprint density at radius 2 is 1.22 bits per heavy atom. The molecule has 4 heteroatoms. The van der Waals surface area contributed by atoms with Crippen LogP contribution in [0.4, 0.5) is 0 Å². The molecule has 0 aliphatic carbocycles. The Kier molecular flexibility index (Phi) is 13.0. The minimum atomic E-state index is -3.77. The molecule has 2 aromatic rings. The molecule has 2 rings (SSSR count). The van der Waals surface area contributed by atoms with E-state index in [0.29, 0.717) is 4.90 Å². The van der Waals surface area contributed by atoms with E-state index in [2.05, 4.69) is 13.8 Å². The van der Waals surface area contributed by atoms with Gasteiger partial charge in [-0.3, -0.25) is 4.18 Å². The van der Waals surface area contributed by atoms with E-state index in [4.69, 9.17) is 4.18 Å². The van der Waals surface area contributed by atoms with Crippen LogP contribution in [0.3, 0.4) is 0 Å². The maximum atomic E-state index is 13.2. The molecule has 0 bridgehead atoms. The smallest absolute Gasteiger partial charge is 0.266 e. The highest BCUT2D eigenvalue weighted by molar-refractivity contribution is 7.87. The highest BCUT2D eigenvalue weighted by atomic mass is 32.2. The van der Waals surface area contributed by atoms with Crippen LogP contribution in [0, 0.1) is 0 Å². The van der Waals surface area contributed by atoms with Gasteiger partial charge in [0, 0.05) is 5.39 Å². The predicted octanol–water partition coefficient (Wildman–Crippen LogP) is 8.59. The minimum Gasteiger partial charge on any atom is -0.266 e. The van der Waals surface area contributed by atoms with E-state index in [0.717, 1.165) is 54.9 Å². The van der Waals surface area contributed by atoms with Gasteiger partial charge in [0.25, 0.3) is 10.1 Å². The predicted molar refractivity (Wildman–Crippen MR) is 137 cm³/mol. The second-order valence-electron chi connectivity index (χ2n) is 9.04. The van der Waals surface area contributed by atoms with Gasteiger partial charge >= 0.3 is 0 Å². The maximum absolute atomic E-state index is 13.2. The molecule has 2 aromatic carbocycles. The summed E-state index contributed by atoms with van der Waals surface area (Å²) in [7, 11) is -3.77. The summed E-state index contributed by atoms with van der Waals surface area (Å²) in [5.74, 6) is 0. The van der Waals surface area contributed by atoms with E-state index < -0.39 is 10.1 Å². The van der Waals surface area contributed by atoms with Crippen molar-refractivity contribution in [3.63, 3.8) is 0 Å². The van der Waals surface area contributed by atoms with Crippen molar-refractivity contribution in [1.82, 2.24) is 0 Å². The largest absolute Gasteiger partial charge is 0.297 e. The molecule has 0 spiro atoms. The third-order valence-electron chi connectivity index (χ3n) is 6.25. The Bertz CT molecular complexity index is 873. The lowest BCUT2D eigenvalue weighted by atomic mass is 10.0. The molecule has 0 heterocycles. The molecule has 0 aromatic heterocycles. The van der Waals surface area contributed by atoms with Crippen LogP contribution in [-0.4, -0.2) is 15.0 Å². The van der Waals surface area contributed by atoms with Crippen LogP contribution >= 0.6 is 0 Å². The second kappa shape index (κ2) is 15.4. The zero-order valence-corrected chi connectivity index (χ0v) is 21.2. The molecule has 0 atom stereocenters. The summed E-state index contributed by atoms with van der Waals surface area (Å²) < 4.78 is 32.0. The van der Waals surface area contributed by atoms with Gasteiger partial charge in [0.2, 0.25) is 0 Å². The third kappa shape index (κ3) is 9.23. The summed E-state index contributed by atoms with van der Waals surface area (Å²) >= 11 is 0. The van der Waals surface area contributed by atoms with E-state index in [9.17, 15) is 8.42 Å². The molecule has 0 unspecified atom stereocenters. The lowest BCUT2D eigenvalue weighted by Gasteiger charge is -2.14. The quantitative estimate of drug-likeness (QED) is 0.165. The molecular weight excluding hydrogens is 416 g/mol. The van der Waals surface area contributed by atoms with Crippen molar-refractivity contribution in [1.29, 1.82) is 0 Å². The summed E-state index contributed by atoms with van der Waals surface area (Å²) in [5.41, 5.74) is 0.900. The van der Waals surface area contributed by atoms with E-state index in [1.807, 2.05) is 36.4 Å². The number of benzene rings is 2. The van der Waals surface area contributed by atoms with Gasteiger partial charge in [0.15, 0.2) is 0 Å². The Balaban J connectivity index is 1.98. The fourth-order valence-electron chi connectivity index (χ4n) is 4.34. The molecule has 0 aliphatic rings. The first kappa shape index (κ1) is 26.9. The van der Waals surface area contributed by atoms with Crippen molar-refractivity contribution in [3.8, 4) is 0 Å². The topological polar surface area (TPSA) is 43.4 Å². The average molecular weight is 461 g/mol. The normalized spacial score (nSPS) is 11.9. The molecular formula is C28H44O3S. The van der Waals surface area contributed by atoms with Gasteiger partial charge in [0.1, 0.15) is 4.90 Å². The number of hydrogen-bond acceptors (Lipinski definition) is 3. The lowest BCUT2D eigenvalue weighted by molar-refractivity contribution is 0.306. The SMILES string of the molecule is CCCCCCCCCOS(=O)(=O)c1c(CCCCCCCCC)ccc2ccccc12. The van der Waals surface area contributed by atoms with Gasteiger partial charge in [-0.2, -0.15) is 8.42 Å². The van der Waals surface area contributed by atoms with Gasteiger partial charge in [-0.1, -0.05) is 127 Å². The van der Waals surface area contributed by atoms with Crippen molar-refractivity contribution in [2.75, 3.05) is 6.61 Å². The monoisotopic (exact) mass is 460 g/mol. The van der Waals surface area contributed by atoms with E-state index >= 15 is 0 Å². The van der Waals surface area contributed by atoms with Crippen LogP contribution in [0.2, 0.25) is 0 Å². The molecule has 32 heavy (non-hydrogen) atoms. The van der Waals surface area contributed by atoms with Crippen molar-refractivity contribution >= 4 is 20.9 Å². The fourth-order valence-corrected chi connectivity index (χ4v) is 5.74. The van der Waals surface area contributed by atoms with Gasteiger partial charge in [0.05, 0.1) is 6.61 Å². The Morgan fingerprint density at radius 3 is 1.88 bits per heavy atom. The Morgan fingerprint density at radius 1 is 0.656 bits per heavy atom. The third-order valence-corrected chi connectivity index (χ3v) is 7.71. The number of aryl methyl sites for hydroxylation is 1. The highest BCUT2D eigenvalue weighted by Gasteiger charge is 2.22. The van der Waals surface area contributed by atoms with Crippen LogP contribution in [0.1, 0.15) is 109 Å². The van der Waals surface area contributed by atoms with E-state index in [1.165, 1.54) is 57.8 Å². The first-order valence-electron chi connectivity index (χ1n) is 13.0. The van der Waals surface area contributed by atoms with Gasteiger partial charge < -0.3 is 0 Å². The molecule has 0 N–H and O–H groups in total. The average Bonchev–Trinajstić information content (AvgIpc) is 2.79. The zero-order valence-electron chi connectivity index (χ0n) is 20.4. The van der Waals surface area contributed by atoms with Crippen molar-refractivity contribution < 1.29 is 12.6 Å². The van der Waals surface area contributed by atoms with Crippen molar-refractivity contribution in [2.24, 2.45) is 0 Å². The number of hydrogen-bond donors (Lipinski definition) is 0. The van der Waals surface area contributed by atoms with Crippen LogP contribution in [0.5, 0.6) is 0 Å². The van der Waals surface area contributed by atoms with Crippen molar-refractivity contribution in [3.05, 3.63) is 42.0 Å². The van der Waals surface area contributed by atoms with Gasteiger partial charge in [-0.15, -0.1) is 0 Å². The highest BCUT2D eigenvalue weighted by Crippen LogP contribution is 2.30. The molecule has 0 fully saturated rings. The number of fused-ring (bicyclic) bond motifs is 1. The molecule has 0 radical (unpaired) electrons. The van der Waals surface area contributed by atoms with E-state index in [-0.39, 0.29) is 6.61 Å². The first-order chi connectivity index (χ1) is 15.6. The Hall–Kier alpha value is -1.39. The minimum absolute atomic E-state index is 0.274. The van der Waals surface area contributed by atoms with Gasteiger partial charge in [-0.25, -0.2) is 0 Å². The second-order valence-corrected chi connectivity index (χ2v) is 10.6. The maximum Gasteiger partial charge on any atom is 0.297 e. The number of rotatable bonds is 18. The summed E-state index contributed by atoms with van der Waals surface area (Å²) in [5, 5.41) is 1.74. The Labute approximate surface area is 197 Å². The molecule has 0 saturated carbocycles. The lowest BCUT2D eigenvalue weighted by Crippen LogP contribution is -2.11. The van der Waals surface area contributed by atoms with E-state index in [1.54, 1.807) is 0 Å². The summed E-state index contributed by atoms with van der Waals surface area (Å²) in [6.07, 6.45) is 17.3. The van der Waals surface area contributed by atoms with Crippen molar-refractivity contribution in [2.45, 2.75) is 115 Å². The molecule has 3 nitrogen and oxygen atoms in total. The van der Waals surface area contributed by atoms with Crippen LogP contribution < -0.4 is 0 Å². The van der Waals surface area contributed by atoms with Gasteiger partial charge in [-0.05, 0) is 30.2 Å². The summed E-state index contributed by atoms with van der Waals surface area (Å²) in [4.78, 5) is 0.393. The van der Waals surface area contributed by atoms with Crippen LogP contribution in [0.25, 0.3) is 10.8 Å². The summed E-state index contributed by atoms with van der Waals surface area (Å²) in [6.45, 7) is 4.72. The van der Waals surface area contributed by atoms with Crippen LogP contribution in [0.15, 0.2) is 41.3 Å². The molecule has 0 aliphatic heterocycles. The standard InChI is InChI=1S/C28H44O3S/c1-3-5-7-9-11-13-15-20-26-23-22-25-19-16-17-21-27(25)28(26)32(29,30)31-24-18-14-12-10-8-6-4-2/h16-17,19,21-23H,3-15,18,20,24H2,1-2H3. The molecule has 0 amide bonds.